The van der Waals surface area contributed by atoms with E-state index in [-0.39, 0.29) is 0 Å². The van der Waals surface area contributed by atoms with Crippen molar-refractivity contribution in [3.63, 3.8) is 0 Å². The summed E-state index contributed by atoms with van der Waals surface area (Å²) in [6, 6.07) is 0. The molecule has 5 nitrogen and oxygen atoms in total. The van der Waals surface area contributed by atoms with Gasteiger partial charge in [0, 0.05) is 19.3 Å². The average molecular weight is 255 g/mol. The third-order valence-electron chi connectivity index (χ3n) is 2.32. The Labute approximate surface area is 91.4 Å². The van der Waals surface area contributed by atoms with Crippen LogP contribution in [-0.4, -0.2) is 45.6 Å². The quantitative estimate of drug-likeness (QED) is 0.722. The lowest BCUT2D eigenvalue weighted by molar-refractivity contribution is 0.426. The van der Waals surface area contributed by atoms with Crippen molar-refractivity contribution in [1.29, 1.82) is 0 Å². The summed E-state index contributed by atoms with van der Waals surface area (Å²) >= 11 is 0. The van der Waals surface area contributed by atoms with Crippen molar-refractivity contribution in [3.05, 3.63) is 0 Å². The summed E-state index contributed by atoms with van der Waals surface area (Å²) in [5.41, 5.74) is 0. The monoisotopic (exact) mass is 255 g/mol. The summed E-state index contributed by atoms with van der Waals surface area (Å²) in [6.45, 7) is 0.912. The van der Waals surface area contributed by atoms with Crippen LogP contribution in [0.2, 0.25) is 0 Å². The number of nitrogens with zero attached hydrogens (tertiary/aromatic N) is 1. The fraction of sp³-hybridized carbons (Fsp3) is 1.00. The second-order valence-electron chi connectivity index (χ2n) is 3.97. The van der Waals surface area contributed by atoms with Crippen LogP contribution >= 0.6 is 0 Å². The first-order valence-electron chi connectivity index (χ1n) is 4.97. The highest BCUT2D eigenvalue weighted by Crippen LogP contribution is 2.14. The summed E-state index contributed by atoms with van der Waals surface area (Å²) in [5, 5.41) is -0.764. The highest BCUT2D eigenvalue weighted by Gasteiger charge is 2.26. The van der Waals surface area contributed by atoms with Gasteiger partial charge < -0.3 is 0 Å². The predicted molar refractivity (Wildman–Crippen MR) is 58.7 cm³/mol. The second kappa shape index (κ2) is 4.80. The molecule has 0 amide bonds. The van der Waals surface area contributed by atoms with Gasteiger partial charge in [0.1, 0.15) is 0 Å². The number of sulfonamides is 1. The molecule has 1 aliphatic rings. The van der Waals surface area contributed by atoms with E-state index in [1.54, 1.807) is 0 Å². The molecule has 0 aliphatic carbocycles. The van der Waals surface area contributed by atoms with Crippen molar-refractivity contribution in [2.24, 2.45) is 0 Å². The zero-order valence-corrected chi connectivity index (χ0v) is 10.5. The molecule has 0 aromatic heterocycles. The van der Waals surface area contributed by atoms with Gasteiger partial charge in [-0.1, -0.05) is 12.8 Å². The molecule has 0 unspecified atom stereocenters. The van der Waals surface area contributed by atoms with Crippen LogP contribution in [0, 0.1) is 0 Å². The van der Waals surface area contributed by atoms with E-state index in [0.29, 0.717) is 13.1 Å². The van der Waals surface area contributed by atoms with Crippen LogP contribution in [0.1, 0.15) is 25.7 Å². The van der Waals surface area contributed by atoms with E-state index in [2.05, 4.69) is 0 Å². The summed E-state index contributed by atoms with van der Waals surface area (Å²) in [7, 11) is -7.09. The van der Waals surface area contributed by atoms with Crippen molar-refractivity contribution >= 4 is 19.9 Å². The fourth-order valence-corrected chi connectivity index (χ4v) is 5.24. The first-order chi connectivity index (χ1) is 6.81. The van der Waals surface area contributed by atoms with Crippen LogP contribution in [0.5, 0.6) is 0 Å². The van der Waals surface area contributed by atoms with E-state index in [9.17, 15) is 16.8 Å². The molecular formula is C8H17NO4S2. The van der Waals surface area contributed by atoms with E-state index in [4.69, 9.17) is 0 Å². The van der Waals surface area contributed by atoms with Crippen LogP contribution in [-0.2, 0) is 19.9 Å². The summed E-state index contributed by atoms with van der Waals surface area (Å²) in [6.07, 6.45) is 4.63. The lowest BCUT2D eigenvalue weighted by Crippen LogP contribution is -2.35. The van der Waals surface area contributed by atoms with Gasteiger partial charge >= 0.3 is 0 Å². The summed E-state index contributed by atoms with van der Waals surface area (Å²) < 4.78 is 46.6. The van der Waals surface area contributed by atoms with E-state index in [1.807, 2.05) is 0 Å². The lowest BCUT2D eigenvalue weighted by atomic mass is 10.2. The van der Waals surface area contributed by atoms with Crippen LogP contribution in [0.25, 0.3) is 0 Å². The van der Waals surface area contributed by atoms with E-state index in [0.717, 1.165) is 31.9 Å². The van der Waals surface area contributed by atoms with Crippen molar-refractivity contribution in [1.82, 2.24) is 4.31 Å². The van der Waals surface area contributed by atoms with E-state index >= 15 is 0 Å². The molecule has 1 heterocycles. The van der Waals surface area contributed by atoms with E-state index in [1.165, 1.54) is 4.31 Å². The zero-order chi connectivity index (χ0) is 11.5. The molecule has 1 aliphatic heterocycles. The Kier molecular flexibility index (Phi) is 4.13. The van der Waals surface area contributed by atoms with Crippen LogP contribution in [0.4, 0.5) is 0 Å². The molecule has 0 N–H and O–H groups in total. The Hall–Kier alpha value is -0.140. The van der Waals surface area contributed by atoms with Crippen molar-refractivity contribution < 1.29 is 16.8 Å². The Balaban J connectivity index is 2.76. The van der Waals surface area contributed by atoms with Crippen molar-refractivity contribution in [3.8, 4) is 0 Å². The maximum atomic E-state index is 11.7. The van der Waals surface area contributed by atoms with Gasteiger partial charge in [-0.3, -0.25) is 0 Å². The zero-order valence-electron chi connectivity index (χ0n) is 8.85. The normalized spacial score (nSPS) is 21.1. The van der Waals surface area contributed by atoms with Gasteiger partial charge in [0.2, 0.25) is 10.0 Å². The average Bonchev–Trinajstić information content (AvgIpc) is 2.25. The van der Waals surface area contributed by atoms with Gasteiger partial charge in [-0.05, 0) is 12.8 Å². The maximum Gasteiger partial charge on any atom is 0.228 e. The molecule has 0 spiro atoms. The minimum absolute atomic E-state index is 0.456. The largest absolute Gasteiger partial charge is 0.228 e. The van der Waals surface area contributed by atoms with Gasteiger partial charge in [-0.15, -0.1) is 0 Å². The van der Waals surface area contributed by atoms with Gasteiger partial charge in [0.25, 0.3) is 0 Å². The topological polar surface area (TPSA) is 71.5 Å². The van der Waals surface area contributed by atoms with Gasteiger partial charge in [0.15, 0.2) is 14.9 Å². The SMILES string of the molecule is CS(=O)(=O)CS(=O)(=O)N1CCCCCC1. The Morgan fingerprint density at radius 1 is 0.933 bits per heavy atom. The third kappa shape index (κ3) is 4.48. The number of sulfone groups is 1. The van der Waals surface area contributed by atoms with Gasteiger partial charge in [0.05, 0.1) is 0 Å². The number of hydrogen-bond donors (Lipinski definition) is 0. The lowest BCUT2D eigenvalue weighted by Gasteiger charge is -2.18. The smallest absolute Gasteiger partial charge is 0.228 e. The molecule has 1 saturated heterocycles. The summed E-state index contributed by atoms with van der Waals surface area (Å²) in [5.74, 6) is 0. The minimum Gasteiger partial charge on any atom is -0.228 e. The molecular weight excluding hydrogens is 238 g/mol. The standard InChI is InChI=1S/C8H17NO4S2/c1-14(10,11)8-15(12,13)9-6-4-2-3-5-7-9/h2-8H2,1H3. The molecule has 0 aromatic carbocycles. The molecule has 90 valence electrons. The Morgan fingerprint density at radius 2 is 1.40 bits per heavy atom. The molecule has 0 radical (unpaired) electrons. The molecule has 15 heavy (non-hydrogen) atoms. The van der Waals surface area contributed by atoms with Crippen molar-refractivity contribution in [2.75, 3.05) is 24.4 Å². The van der Waals surface area contributed by atoms with Gasteiger partial charge in [-0.2, -0.15) is 0 Å². The molecule has 0 aromatic rings. The molecule has 1 fully saturated rings. The van der Waals surface area contributed by atoms with Crippen LogP contribution < -0.4 is 0 Å². The third-order valence-corrected chi connectivity index (χ3v) is 6.38. The Bertz CT molecular complexity index is 390. The molecule has 7 heteroatoms. The molecule has 1 rings (SSSR count). The second-order valence-corrected chi connectivity index (χ2v) is 8.44. The Morgan fingerprint density at radius 3 is 1.80 bits per heavy atom. The molecule has 0 saturated carbocycles. The number of hydrogen-bond acceptors (Lipinski definition) is 4. The highest BCUT2D eigenvalue weighted by molar-refractivity contribution is 8.06. The van der Waals surface area contributed by atoms with E-state index < -0.39 is 24.9 Å². The van der Waals surface area contributed by atoms with Crippen molar-refractivity contribution in [2.45, 2.75) is 25.7 Å². The van der Waals surface area contributed by atoms with Gasteiger partial charge in [-0.25, -0.2) is 21.1 Å². The predicted octanol–water partition coefficient (Wildman–Crippen LogP) is 0.194. The molecule has 0 bridgehead atoms. The summed E-state index contributed by atoms with van der Waals surface area (Å²) in [4.78, 5) is 0. The molecule has 0 atom stereocenters. The highest BCUT2D eigenvalue weighted by atomic mass is 32.3. The maximum absolute atomic E-state index is 11.7. The minimum atomic E-state index is -3.62. The first-order valence-corrected chi connectivity index (χ1v) is 8.64. The number of rotatable bonds is 3. The van der Waals surface area contributed by atoms with Crippen LogP contribution in [0.3, 0.4) is 0 Å². The fourth-order valence-electron chi connectivity index (χ4n) is 1.66. The van der Waals surface area contributed by atoms with Crippen LogP contribution in [0.15, 0.2) is 0 Å². The first kappa shape index (κ1) is 12.9.